The number of sulfonamides is 1. The Kier molecular flexibility index (Phi) is 5.71. The average molecular weight is 430 g/mol. The van der Waals surface area contributed by atoms with Gasteiger partial charge in [0.2, 0.25) is 0 Å². The Balaban J connectivity index is 1.88. The minimum absolute atomic E-state index is 0.0190. The van der Waals surface area contributed by atoms with Crippen molar-refractivity contribution in [2.24, 2.45) is 5.73 Å². The number of aryl methyl sites for hydroxylation is 1. The zero-order valence-corrected chi connectivity index (χ0v) is 17.4. The minimum atomic E-state index is -3.86. The van der Waals surface area contributed by atoms with Crippen LogP contribution in [0, 0.1) is 6.92 Å². The lowest BCUT2D eigenvalue weighted by Crippen LogP contribution is -2.27. The molecule has 0 saturated heterocycles. The number of rotatable bonds is 6. The molecule has 150 valence electrons. The Morgan fingerprint density at radius 3 is 2.41 bits per heavy atom. The van der Waals surface area contributed by atoms with Crippen LogP contribution in [-0.2, 0) is 10.0 Å². The van der Waals surface area contributed by atoms with Crippen LogP contribution in [0.1, 0.15) is 26.3 Å². The second-order valence-corrected chi connectivity index (χ2v) is 9.20. The van der Waals surface area contributed by atoms with Crippen molar-refractivity contribution in [1.82, 2.24) is 0 Å². The first-order valence-electron chi connectivity index (χ1n) is 8.54. The molecule has 0 radical (unpaired) electrons. The topological polar surface area (TPSA) is 110 Å². The van der Waals surface area contributed by atoms with Crippen molar-refractivity contribution in [3.63, 3.8) is 0 Å². The van der Waals surface area contributed by atoms with Crippen molar-refractivity contribution in [2.45, 2.75) is 11.8 Å². The lowest BCUT2D eigenvalue weighted by molar-refractivity contribution is 0.100. The number of primary amides is 1. The molecule has 3 rings (SSSR count). The van der Waals surface area contributed by atoms with E-state index in [0.29, 0.717) is 10.7 Å². The van der Waals surface area contributed by atoms with E-state index in [-0.39, 0.29) is 16.0 Å². The molecule has 9 heteroatoms. The summed E-state index contributed by atoms with van der Waals surface area (Å²) in [7, 11) is -2.41. The summed E-state index contributed by atoms with van der Waals surface area (Å²) in [4.78, 5) is 24.0. The van der Waals surface area contributed by atoms with Crippen LogP contribution in [0.15, 0.2) is 64.9 Å². The molecule has 3 aromatic rings. The van der Waals surface area contributed by atoms with Gasteiger partial charge in [-0.3, -0.25) is 13.9 Å². The van der Waals surface area contributed by atoms with Crippen molar-refractivity contribution in [3.8, 4) is 0 Å². The van der Waals surface area contributed by atoms with Crippen molar-refractivity contribution in [3.05, 3.63) is 76.7 Å². The molecule has 1 heterocycles. The van der Waals surface area contributed by atoms with Crippen LogP contribution in [0.25, 0.3) is 0 Å². The molecule has 0 spiro atoms. The minimum Gasteiger partial charge on any atom is -0.366 e. The van der Waals surface area contributed by atoms with E-state index in [2.05, 4.69) is 5.32 Å². The van der Waals surface area contributed by atoms with Gasteiger partial charge >= 0.3 is 0 Å². The summed E-state index contributed by atoms with van der Waals surface area (Å²) in [5, 5.41) is 4.55. The first-order chi connectivity index (χ1) is 13.7. The third-order valence-electron chi connectivity index (χ3n) is 4.31. The van der Waals surface area contributed by atoms with Crippen LogP contribution >= 0.6 is 11.3 Å². The Labute approximate surface area is 172 Å². The maximum atomic E-state index is 13.0. The third-order valence-corrected chi connectivity index (χ3v) is 6.92. The van der Waals surface area contributed by atoms with Gasteiger partial charge in [0, 0.05) is 12.6 Å². The molecule has 2 amide bonds. The summed E-state index contributed by atoms with van der Waals surface area (Å²) >= 11 is 1.15. The van der Waals surface area contributed by atoms with Crippen molar-refractivity contribution < 1.29 is 18.0 Å². The van der Waals surface area contributed by atoms with Gasteiger partial charge in [0.05, 0.1) is 16.1 Å². The second kappa shape index (κ2) is 8.06. The molecule has 0 bridgehead atoms. The van der Waals surface area contributed by atoms with Crippen LogP contribution in [-0.4, -0.2) is 27.3 Å². The van der Waals surface area contributed by atoms with Gasteiger partial charge in [0.1, 0.15) is 5.00 Å². The number of amides is 2. The Morgan fingerprint density at radius 1 is 1.07 bits per heavy atom. The van der Waals surface area contributed by atoms with Gasteiger partial charge in [0.15, 0.2) is 0 Å². The van der Waals surface area contributed by atoms with E-state index in [4.69, 9.17) is 5.73 Å². The molecule has 0 saturated carbocycles. The number of thiophene rings is 1. The van der Waals surface area contributed by atoms with E-state index in [1.165, 1.54) is 37.4 Å². The normalized spacial score (nSPS) is 11.1. The highest BCUT2D eigenvalue weighted by atomic mass is 32.2. The van der Waals surface area contributed by atoms with E-state index in [0.717, 1.165) is 21.2 Å². The Bertz CT molecular complexity index is 1170. The smallest absolute Gasteiger partial charge is 0.264 e. The molecular formula is C20H19N3O4S2. The molecule has 0 fully saturated rings. The zero-order chi connectivity index (χ0) is 21.2. The number of nitrogens with one attached hydrogen (secondary N) is 1. The molecule has 2 aromatic carbocycles. The number of hydrogen-bond acceptors (Lipinski definition) is 5. The van der Waals surface area contributed by atoms with Gasteiger partial charge in [-0.2, -0.15) is 0 Å². The fraction of sp³-hybridized carbons (Fsp3) is 0.100. The number of hydrogen-bond donors (Lipinski definition) is 2. The first-order valence-corrected chi connectivity index (χ1v) is 10.9. The van der Waals surface area contributed by atoms with E-state index >= 15 is 0 Å². The maximum absolute atomic E-state index is 13.0. The van der Waals surface area contributed by atoms with Gasteiger partial charge in [-0.25, -0.2) is 8.42 Å². The second-order valence-electron chi connectivity index (χ2n) is 6.32. The molecule has 0 aliphatic heterocycles. The summed E-state index contributed by atoms with van der Waals surface area (Å²) in [6.45, 7) is 1.91. The molecule has 7 nitrogen and oxygen atoms in total. The van der Waals surface area contributed by atoms with Crippen molar-refractivity contribution >= 4 is 43.9 Å². The van der Waals surface area contributed by atoms with Gasteiger partial charge in [-0.1, -0.05) is 23.8 Å². The highest BCUT2D eigenvalue weighted by Gasteiger charge is 2.23. The Hall–Kier alpha value is -3.17. The molecule has 3 N–H and O–H groups in total. The molecule has 1 aromatic heterocycles. The standard InChI is InChI=1S/C20H19N3O4S2/c1-13-6-8-15(9-7-13)23(2)29(26,27)16-5-3-4-14(12-16)19(25)22-20-17(18(21)24)10-11-28-20/h3-12H,1-2H3,(H2,21,24)(H,22,25). The molecule has 0 aliphatic rings. The summed E-state index contributed by atoms with van der Waals surface area (Å²) in [6, 6.07) is 14.3. The van der Waals surface area contributed by atoms with E-state index in [9.17, 15) is 18.0 Å². The largest absolute Gasteiger partial charge is 0.366 e. The number of carbonyl (C=O) groups is 2. The lowest BCUT2D eigenvalue weighted by Gasteiger charge is -2.20. The average Bonchev–Trinajstić information content (AvgIpc) is 3.16. The summed E-state index contributed by atoms with van der Waals surface area (Å²) in [6.07, 6.45) is 0. The quantitative estimate of drug-likeness (QED) is 0.627. The number of benzene rings is 2. The summed E-state index contributed by atoms with van der Waals surface area (Å²) in [5.74, 6) is -1.19. The fourth-order valence-electron chi connectivity index (χ4n) is 2.62. The summed E-state index contributed by atoms with van der Waals surface area (Å²) < 4.78 is 27.1. The highest BCUT2D eigenvalue weighted by molar-refractivity contribution is 7.92. The summed E-state index contributed by atoms with van der Waals surface area (Å²) in [5.41, 5.74) is 7.16. The lowest BCUT2D eigenvalue weighted by atomic mass is 10.2. The van der Waals surface area contributed by atoms with E-state index in [1.807, 2.05) is 19.1 Å². The van der Waals surface area contributed by atoms with Crippen LogP contribution in [0.4, 0.5) is 10.7 Å². The van der Waals surface area contributed by atoms with Crippen LogP contribution in [0.5, 0.6) is 0 Å². The molecule has 0 unspecified atom stereocenters. The maximum Gasteiger partial charge on any atom is 0.264 e. The van der Waals surface area contributed by atoms with Crippen LogP contribution < -0.4 is 15.4 Å². The predicted molar refractivity (Wildman–Crippen MR) is 114 cm³/mol. The number of carbonyl (C=O) groups excluding carboxylic acids is 2. The molecular weight excluding hydrogens is 410 g/mol. The molecule has 29 heavy (non-hydrogen) atoms. The molecule has 0 aliphatic carbocycles. The SMILES string of the molecule is Cc1ccc(N(C)S(=O)(=O)c2cccc(C(=O)Nc3sccc3C(N)=O)c2)cc1. The monoisotopic (exact) mass is 429 g/mol. The fourth-order valence-corrected chi connectivity index (χ4v) is 4.65. The Morgan fingerprint density at radius 2 is 1.76 bits per heavy atom. The van der Waals surface area contributed by atoms with Gasteiger partial charge in [-0.05, 0) is 48.7 Å². The number of nitrogens with two attached hydrogens (primary N) is 1. The van der Waals surface area contributed by atoms with Crippen LogP contribution in [0.2, 0.25) is 0 Å². The van der Waals surface area contributed by atoms with E-state index in [1.54, 1.807) is 17.5 Å². The number of anilines is 2. The highest BCUT2D eigenvalue weighted by Crippen LogP contribution is 2.25. The van der Waals surface area contributed by atoms with E-state index < -0.39 is 21.8 Å². The first kappa shape index (κ1) is 20.6. The third kappa shape index (κ3) is 4.30. The number of nitrogens with zero attached hydrogens (tertiary/aromatic N) is 1. The zero-order valence-electron chi connectivity index (χ0n) is 15.7. The molecule has 0 atom stereocenters. The van der Waals surface area contributed by atoms with Crippen molar-refractivity contribution in [2.75, 3.05) is 16.7 Å². The van der Waals surface area contributed by atoms with Gasteiger partial charge in [0.25, 0.3) is 21.8 Å². The van der Waals surface area contributed by atoms with Crippen molar-refractivity contribution in [1.29, 1.82) is 0 Å². The predicted octanol–water partition coefficient (Wildman–Crippen LogP) is 3.23. The van der Waals surface area contributed by atoms with Gasteiger partial charge < -0.3 is 11.1 Å². The van der Waals surface area contributed by atoms with Crippen LogP contribution in [0.3, 0.4) is 0 Å². The van der Waals surface area contributed by atoms with Gasteiger partial charge in [-0.15, -0.1) is 11.3 Å².